The molecule has 1 rings (SSSR count). The van der Waals surface area contributed by atoms with Gasteiger partial charge >= 0.3 is 0 Å². The topological polar surface area (TPSA) is 89.5 Å². The Bertz CT molecular complexity index is 546. The van der Waals surface area contributed by atoms with E-state index in [1.54, 1.807) is 4.90 Å². The average Bonchev–Trinajstić information content (AvgIpc) is 2.44. The zero-order valence-electron chi connectivity index (χ0n) is 12.4. The summed E-state index contributed by atoms with van der Waals surface area (Å²) in [6.45, 7) is 7.28. The second-order valence-corrected chi connectivity index (χ2v) is 6.46. The molecule has 116 valence electrons. The van der Waals surface area contributed by atoms with Crippen molar-refractivity contribution in [2.24, 2.45) is 11.1 Å². The largest absolute Gasteiger partial charge is 0.338 e. The van der Waals surface area contributed by atoms with Crippen LogP contribution in [0.2, 0.25) is 0 Å². The summed E-state index contributed by atoms with van der Waals surface area (Å²) in [4.78, 5) is 24.6. The normalized spacial score (nSPS) is 11.3. The highest BCUT2D eigenvalue weighted by Gasteiger charge is 2.25. The van der Waals surface area contributed by atoms with Gasteiger partial charge in [0.15, 0.2) is 0 Å². The van der Waals surface area contributed by atoms with Gasteiger partial charge in [0, 0.05) is 29.7 Å². The first-order valence-corrected chi connectivity index (χ1v) is 7.44. The smallest absolute Gasteiger partial charge is 0.270 e. The molecule has 0 atom stereocenters. The minimum absolute atomic E-state index is 0.101. The van der Waals surface area contributed by atoms with Gasteiger partial charge in [0.2, 0.25) is 0 Å². The average molecular weight is 358 g/mol. The number of carbonyl (C=O) groups excluding carboxylic acids is 1. The number of hydrogen-bond donors (Lipinski definition) is 1. The number of hydrogen-bond acceptors (Lipinski definition) is 4. The molecule has 0 heterocycles. The fourth-order valence-electron chi connectivity index (χ4n) is 1.87. The second kappa shape index (κ2) is 7.00. The molecule has 0 aliphatic rings. The SMILES string of the molecule is CCN(CC(C)(C)CN)C(=O)c1cc([N+](=O)[O-])ccc1Br. The first-order chi connectivity index (χ1) is 9.71. The number of halogens is 1. The summed E-state index contributed by atoms with van der Waals surface area (Å²) in [6.07, 6.45) is 0. The first kappa shape index (κ1) is 17.6. The number of carbonyl (C=O) groups is 1. The molecular weight excluding hydrogens is 338 g/mol. The van der Waals surface area contributed by atoms with Crippen molar-refractivity contribution in [2.45, 2.75) is 20.8 Å². The summed E-state index contributed by atoms with van der Waals surface area (Å²) < 4.78 is 0.544. The van der Waals surface area contributed by atoms with Crippen molar-refractivity contribution in [3.8, 4) is 0 Å². The van der Waals surface area contributed by atoms with Gasteiger partial charge in [0.05, 0.1) is 10.5 Å². The number of rotatable bonds is 6. The van der Waals surface area contributed by atoms with Crippen LogP contribution in [0.5, 0.6) is 0 Å². The summed E-state index contributed by atoms with van der Waals surface area (Å²) in [5.41, 5.74) is 5.69. The van der Waals surface area contributed by atoms with Crippen LogP contribution in [0.1, 0.15) is 31.1 Å². The maximum Gasteiger partial charge on any atom is 0.270 e. The molecular formula is C14H20BrN3O3. The number of nitrogens with two attached hydrogens (primary N) is 1. The lowest BCUT2D eigenvalue weighted by Crippen LogP contribution is -2.42. The van der Waals surface area contributed by atoms with Crippen molar-refractivity contribution in [1.29, 1.82) is 0 Å². The Labute approximate surface area is 132 Å². The lowest BCUT2D eigenvalue weighted by Gasteiger charge is -2.31. The summed E-state index contributed by atoms with van der Waals surface area (Å²) >= 11 is 3.28. The van der Waals surface area contributed by atoms with Crippen molar-refractivity contribution < 1.29 is 9.72 Å². The number of amides is 1. The predicted octanol–water partition coefficient (Wildman–Crippen LogP) is 2.80. The fraction of sp³-hybridized carbons (Fsp3) is 0.500. The van der Waals surface area contributed by atoms with Crippen molar-refractivity contribution >= 4 is 27.5 Å². The van der Waals surface area contributed by atoms with Gasteiger partial charge in [-0.2, -0.15) is 0 Å². The van der Waals surface area contributed by atoms with Crippen molar-refractivity contribution in [1.82, 2.24) is 4.90 Å². The lowest BCUT2D eigenvalue weighted by molar-refractivity contribution is -0.384. The quantitative estimate of drug-likeness (QED) is 0.625. The highest BCUT2D eigenvalue weighted by atomic mass is 79.9. The number of non-ortho nitro benzene ring substituents is 1. The van der Waals surface area contributed by atoms with Crippen LogP contribution in [0.25, 0.3) is 0 Å². The van der Waals surface area contributed by atoms with Gasteiger partial charge in [-0.15, -0.1) is 0 Å². The van der Waals surface area contributed by atoms with Gasteiger partial charge in [-0.25, -0.2) is 0 Å². The molecule has 0 bridgehead atoms. The van der Waals surface area contributed by atoms with Crippen LogP contribution in [0.15, 0.2) is 22.7 Å². The van der Waals surface area contributed by atoms with E-state index in [1.807, 2.05) is 20.8 Å². The summed E-state index contributed by atoms with van der Waals surface area (Å²) in [5.74, 6) is -0.241. The number of nitrogens with zero attached hydrogens (tertiary/aromatic N) is 2. The van der Waals surface area contributed by atoms with E-state index in [0.717, 1.165) is 0 Å². The molecule has 0 fully saturated rings. The molecule has 0 saturated heterocycles. The first-order valence-electron chi connectivity index (χ1n) is 6.65. The Hall–Kier alpha value is -1.47. The summed E-state index contributed by atoms with van der Waals surface area (Å²) in [6, 6.07) is 4.18. The summed E-state index contributed by atoms with van der Waals surface area (Å²) in [5, 5.41) is 10.9. The van der Waals surface area contributed by atoms with Crippen molar-refractivity contribution in [2.75, 3.05) is 19.6 Å². The standard InChI is InChI=1S/C14H20BrN3O3/c1-4-17(9-14(2,3)8-16)13(19)11-7-10(18(20)21)5-6-12(11)15/h5-7H,4,8-9,16H2,1-3H3. The van der Waals surface area contributed by atoms with Crippen LogP contribution in [-0.4, -0.2) is 35.4 Å². The lowest BCUT2D eigenvalue weighted by atomic mass is 9.93. The van der Waals surface area contributed by atoms with Crippen molar-refractivity contribution in [3.63, 3.8) is 0 Å². The van der Waals surface area contributed by atoms with Crippen LogP contribution in [0, 0.1) is 15.5 Å². The Kier molecular flexibility index (Phi) is 5.86. The van der Waals surface area contributed by atoms with Crippen LogP contribution in [-0.2, 0) is 0 Å². The maximum atomic E-state index is 12.6. The van der Waals surface area contributed by atoms with E-state index in [-0.39, 0.29) is 17.0 Å². The van der Waals surface area contributed by atoms with E-state index in [4.69, 9.17) is 5.73 Å². The summed E-state index contributed by atoms with van der Waals surface area (Å²) in [7, 11) is 0. The third-order valence-electron chi connectivity index (χ3n) is 3.23. The molecule has 0 saturated carbocycles. The Morgan fingerprint density at radius 2 is 2.10 bits per heavy atom. The molecule has 7 heteroatoms. The molecule has 0 aromatic heterocycles. The molecule has 2 N–H and O–H groups in total. The van der Waals surface area contributed by atoms with Crippen molar-refractivity contribution in [3.05, 3.63) is 38.3 Å². The second-order valence-electron chi connectivity index (χ2n) is 5.61. The van der Waals surface area contributed by atoms with Gasteiger partial charge in [-0.3, -0.25) is 14.9 Å². The monoisotopic (exact) mass is 357 g/mol. The van der Waals surface area contributed by atoms with E-state index in [9.17, 15) is 14.9 Å². The number of nitro groups is 1. The molecule has 6 nitrogen and oxygen atoms in total. The van der Waals surface area contributed by atoms with Gasteiger partial charge in [-0.1, -0.05) is 13.8 Å². The van der Waals surface area contributed by atoms with Crippen LogP contribution in [0.3, 0.4) is 0 Å². The predicted molar refractivity (Wildman–Crippen MR) is 85.2 cm³/mol. The van der Waals surface area contributed by atoms with Gasteiger partial charge in [-0.05, 0) is 40.9 Å². The van der Waals surface area contributed by atoms with E-state index in [0.29, 0.717) is 29.7 Å². The van der Waals surface area contributed by atoms with Crippen LogP contribution in [0.4, 0.5) is 5.69 Å². The van der Waals surface area contributed by atoms with Crippen LogP contribution >= 0.6 is 15.9 Å². The Morgan fingerprint density at radius 1 is 1.48 bits per heavy atom. The molecule has 1 amide bonds. The number of benzene rings is 1. The maximum absolute atomic E-state index is 12.6. The highest BCUT2D eigenvalue weighted by Crippen LogP contribution is 2.25. The molecule has 0 spiro atoms. The Morgan fingerprint density at radius 3 is 2.57 bits per heavy atom. The minimum atomic E-state index is -0.511. The van der Waals surface area contributed by atoms with E-state index in [1.165, 1.54) is 18.2 Å². The minimum Gasteiger partial charge on any atom is -0.338 e. The van der Waals surface area contributed by atoms with E-state index in [2.05, 4.69) is 15.9 Å². The van der Waals surface area contributed by atoms with Gasteiger partial charge in [0.25, 0.3) is 11.6 Å². The third-order valence-corrected chi connectivity index (χ3v) is 3.92. The Balaban J connectivity index is 3.10. The molecule has 0 aliphatic carbocycles. The van der Waals surface area contributed by atoms with Crippen LogP contribution < -0.4 is 5.73 Å². The van der Waals surface area contributed by atoms with E-state index >= 15 is 0 Å². The fourth-order valence-corrected chi connectivity index (χ4v) is 2.29. The third kappa shape index (κ3) is 4.50. The number of nitro benzene ring substituents is 1. The molecule has 1 aromatic rings. The van der Waals surface area contributed by atoms with E-state index < -0.39 is 4.92 Å². The molecule has 0 aliphatic heterocycles. The molecule has 0 unspecified atom stereocenters. The zero-order valence-corrected chi connectivity index (χ0v) is 14.0. The van der Waals surface area contributed by atoms with Gasteiger partial charge in [0.1, 0.15) is 0 Å². The molecule has 21 heavy (non-hydrogen) atoms. The molecule has 1 aromatic carbocycles. The highest BCUT2D eigenvalue weighted by molar-refractivity contribution is 9.10. The van der Waals surface area contributed by atoms with Gasteiger partial charge < -0.3 is 10.6 Å². The molecule has 0 radical (unpaired) electrons. The zero-order chi connectivity index (χ0) is 16.2.